The van der Waals surface area contributed by atoms with Gasteiger partial charge in [-0.3, -0.25) is 4.79 Å². The molecule has 0 bridgehead atoms. The van der Waals surface area contributed by atoms with Gasteiger partial charge in [0.05, 0.1) is 14.2 Å². The Hall–Kier alpha value is -2.14. The lowest BCUT2D eigenvalue weighted by Crippen LogP contribution is -2.13. The van der Waals surface area contributed by atoms with Gasteiger partial charge in [-0.15, -0.1) is 12.6 Å². The summed E-state index contributed by atoms with van der Waals surface area (Å²) in [5.74, 6) is 0.995. The standard InChI is InChI=1S/C16H17NO3S/c1-10-4-6-12(21)9-13(10)16(18)17-11-5-7-14(19-2)15(8-11)20-3/h4-9,21H,1-3H3,(H,17,18). The van der Waals surface area contributed by atoms with Gasteiger partial charge in [-0.2, -0.15) is 0 Å². The molecule has 2 rings (SSSR count). The summed E-state index contributed by atoms with van der Waals surface area (Å²) in [4.78, 5) is 13.1. The van der Waals surface area contributed by atoms with Gasteiger partial charge in [-0.05, 0) is 36.8 Å². The summed E-state index contributed by atoms with van der Waals surface area (Å²) in [5.41, 5.74) is 2.13. The van der Waals surface area contributed by atoms with Crippen molar-refractivity contribution in [2.24, 2.45) is 0 Å². The molecule has 5 heteroatoms. The van der Waals surface area contributed by atoms with E-state index in [1.54, 1.807) is 38.5 Å². The van der Waals surface area contributed by atoms with Crippen molar-refractivity contribution in [3.63, 3.8) is 0 Å². The number of rotatable bonds is 4. The number of aryl methyl sites for hydroxylation is 1. The number of carbonyl (C=O) groups excluding carboxylic acids is 1. The van der Waals surface area contributed by atoms with Crippen LogP contribution in [0.4, 0.5) is 5.69 Å². The smallest absolute Gasteiger partial charge is 0.255 e. The van der Waals surface area contributed by atoms with E-state index < -0.39 is 0 Å². The first-order chi connectivity index (χ1) is 10.0. The van der Waals surface area contributed by atoms with Gasteiger partial charge in [0.25, 0.3) is 5.91 Å². The van der Waals surface area contributed by atoms with Crippen molar-refractivity contribution in [2.75, 3.05) is 19.5 Å². The van der Waals surface area contributed by atoms with E-state index in [-0.39, 0.29) is 5.91 Å². The Morgan fingerprint density at radius 2 is 1.76 bits per heavy atom. The molecule has 0 aliphatic carbocycles. The maximum absolute atomic E-state index is 12.3. The average molecular weight is 303 g/mol. The van der Waals surface area contributed by atoms with E-state index in [2.05, 4.69) is 17.9 Å². The fourth-order valence-corrected chi connectivity index (χ4v) is 2.17. The van der Waals surface area contributed by atoms with Crippen LogP contribution in [0.3, 0.4) is 0 Å². The zero-order chi connectivity index (χ0) is 15.4. The van der Waals surface area contributed by atoms with Gasteiger partial charge in [-0.1, -0.05) is 6.07 Å². The first-order valence-electron chi connectivity index (χ1n) is 6.38. The number of hydrogen-bond donors (Lipinski definition) is 2. The molecule has 0 radical (unpaired) electrons. The van der Waals surface area contributed by atoms with Gasteiger partial charge in [0.1, 0.15) is 0 Å². The summed E-state index contributed by atoms with van der Waals surface area (Å²) in [6.45, 7) is 1.89. The third kappa shape index (κ3) is 3.49. The lowest BCUT2D eigenvalue weighted by molar-refractivity contribution is 0.102. The highest BCUT2D eigenvalue weighted by Crippen LogP contribution is 2.30. The van der Waals surface area contributed by atoms with Crippen molar-refractivity contribution < 1.29 is 14.3 Å². The van der Waals surface area contributed by atoms with Gasteiger partial charge in [0.15, 0.2) is 11.5 Å². The molecule has 0 atom stereocenters. The van der Waals surface area contributed by atoms with Crippen LogP contribution in [0.2, 0.25) is 0 Å². The Balaban J connectivity index is 2.25. The molecule has 4 nitrogen and oxygen atoms in total. The second-order valence-electron chi connectivity index (χ2n) is 4.52. The molecule has 0 unspecified atom stereocenters. The average Bonchev–Trinajstić information content (AvgIpc) is 2.49. The Kier molecular flexibility index (Phi) is 4.75. The van der Waals surface area contributed by atoms with Crippen molar-refractivity contribution >= 4 is 24.2 Å². The first-order valence-corrected chi connectivity index (χ1v) is 6.83. The summed E-state index contributed by atoms with van der Waals surface area (Å²) in [6, 6.07) is 10.7. The number of thiol groups is 1. The Labute approximate surface area is 129 Å². The minimum Gasteiger partial charge on any atom is -0.493 e. The van der Waals surface area contributed by atoms with Crippen LogP contribution >= 0.6 is 12.6 Å². The summed E-state index contributed by atoms with van der Waals surface area (Å²) in [5, 5.41) is 2.84. The van der Waals surface area contributed by atoms with Gasteiger partial charge >= 0.3 is 0 Å². The number of anilines is 1. The van der Waals surface area contributed by atoms with Crippen molar-refractivity contribution in [3.05, 3.63) is 47.5 Å². The number of carbonyl (C=O) groups is 1. The largest absolute Gasteiger partial charge is 0.493 e. The van der Waals surface area contributed by atoms with Crippen LogP contribution in [0.1, 0.15) is 15.9 Å². The molecule has 21 heavy (non-hydrogen) atoms. The lowest BCUT2D eigenvalue weighted by atomic mass is 10.1. The van der Waals surface area contributed by atoms with Crippen LogP contribution in [0.15, 0.2) is 41.3 Å². The highest BCUT2D eigenvalue weighted by atomic mass is 32.1. The first kappa shape index (κ1) is 15.3. The van der Waals surface area contributed by atoms with Crippen molar-refractivity contribution in [1.29, 1.82) is 0 Å². The maximum atomic E-state index is 12.3. The van der Waals surface area contributed by atoms with Crippen LogP contribution in [0.25, 0.3) is 0 Å². The summed E-state index contributed by atoms with van der Waals surface area (Å²) in [6.07, 6.45) is 0. The second-order valence-corrected chi connectivity index (χ2v) is 5.04. The van der Waals surface area contributed by atoms with Gasteiger partial charge < -0.3 is 14.8 Å². The molecule has 0 heterocycles. The third-order valence-electron chi connectivity index (χ3n) is 3.11. The molecule has 0 saturated heterocycles. The minimum atomic E-state index is -0.185. The second kappa shape index (κ2) is 6.54. The summed E-state index contributed by atoms with van der Waals surface area (Å²) < 4.78 is 10.4. The molecule has 2 aromatic carbocycles. The summed E-state index contributed by atoms with van der Waals surface area (Å²) >= 11 is 4.26. The van der Waals surface area contributed by atoms with Gasteiger partial charge in [-0.25, -0.2) is 0 Å². The molecule has 0 fully saturated rings. The number of amides is 1. The maximum Gasteiger partial charge on any atom is 0.255 e. The predicted molar refractivity (Wildman–Crippen MR) is 85.9 cm³/mol. The predicted octanol–water partition coefficient (Wildman–Crippen LogP) is 3.55. The highest BCUT2D eigenvalue weighted by Gasteiger charge is 2.11. The minimum absolute atomic E-state index is 0.185. The number of ether oxygens (including phenoxy) is 2. The fraction of sp³-hybridized carbons (Fsp3) is 0.188. The van der Waals surface area contributed by atoms with E-state index >= 15 is 0 Å². The van der Waals surface area contributed by atoms with Crippen molar-refractivity contribution in [1.82, 2.24) is 0 Å². The molecule has 0 aliphatic rings. The molecule has 110 valence electrons. The highest BCUT2D eigenvalue weighted by molar-refractivity contribution is 7.80. The number of nitrogens with one attached hydrogen (secondary N) is 1. The van der Waals surface area contributed by atoms with Crippen LogP contribution in [0.5, 0.6) is 11.5 Å². The SMILES string of the molecule is COc1ccc(NC(=O)c2cc(S)ccc2C)cc1OC. The van der Waals surface area contributed by atoms with Crippen LogP contribution in [0, 0.1) is 6.92 Å². The van der Waals surface area contributed by atoms with E-state index in [1.807, 2.05) is 19.1 Å². The fourth-order valence-electron chi connectivity index (χ4n) is 1.97. The Bertz CT molecular complexity index is 671. The molecule has 0 spiro atoms. The molecular weight excluding hydrogens is 286 g/mol. The van der Waals surface area contributed by atoms with E-state index in [4.69, 9.17) is 9.47 Å². The lowest BCUT2D eigenvalue weighted by Gasteiger charge is -2.11. The molecule has 2 aromatic rings. The molecule has 0 saturated carbocycles. The zero-order valence-corrected chi connectivity index (χ0v) is 13.0. The number of hydrogen-bond acceptors (Lipinski definition) is 4. The van der Waals surface area contributed by atoms with Crippen LogP contribution in [-0.4, -0.2) is 20.1 Å². The Morgan fingerprint density at radius 3 is 2.43 bits per heavy atom. The summed E-state index contributed by atoms with van der Waals surface area (Å²) in [7, 11) is 3.12. The van der Waals surface area contributed by atoms with Crippen LogP contribution in [-0.2, 0) is 0 Å². The monoisotopic (exact) mass is 303 g/mol. The van der Waals surface area contributed by atoms with E-state index in [0.717, 1.165) is 10.5 Å². The molecule has 0 aliphatic heterocycles. The van der Waals surface area contributed by atoms with Gasteiger partial charge in [0, 0.05) is 22.2 Å². The molecular formula is C16H17NO3S. The van der Waals surface area contributed by atoms with Crippen molar-refractivity contribution in [2.45, 2.75) is 11.8 Å². The van der Waals surface area contributed by atoms with Crippen molar-refractivity contribution in [3.8, 4) is 11.5 Å². The molecule has 1 N–H and O–H groups in total. The van der Waals surface area contributed by atoms with Gasteiger partial charge in [0.2, 0.25) is 0 Å². The Morgan fingerprint density at radius 1 is 1.05 bits per heavy atom. The number of methoxy groups -OCH3 is 2. The molecule has 1 amide bonds. The normalized spacial score (nSPS) is 10.1. The molecule has 0 aromatic heterocycles. The quantitative estimate of drug-likeness (QED) is 0.849. The van der Waals surface area contributed by atoms with E-state index in [1.165, 1.54) is 0 Å². The third-order valence-corrected chi connectivity index (χ3v) is 3.39. The van der Waals surface area contributed by atoms with Crippen LogP contribution < -0.4 is 14.8 Å². The topological polar surface area (TPSA) is 47.6 Å². The zero-order valence-electron chi connectivity index (χ0n) is 12.1. The van der Waals surface area contributed by atoms with E-state index in [9.17, 15) is 4.79 Å². The van der Waals surface area contributed by atoms with E-state index in [0.29, 0.717) is 22.7 Å². The number of benzene rings is 2.